The standard InChI is InChI=1S/C12H13ClN2OS/c1-8-7-16-12(15-8)17-10-3-2-9(4-5-14)11(13)6-10/h2-3,6-7H,4-5,14H2,1H3. The molecule has 90 valence electrons. The fourth-order valence-electron chi connectivity index (χ4n) is 1.43. The Hall–Kier alpha value is -0.970. The van der Waals surface area contributed by atoms with E-state index in [1.165, 1.54) is 11.8 Å². The Labute approximate surface area is 109 Å². The predicted octanol–water partition coefficient (Wildman–Crippen LogP) is 3.29. The van der Waals surface area contributed by atoms with E-state index in [4.69, 9.17) is 21.8 Å². The van der Waals surface area contributed by atoms with Crippen LogP contribution in [0.5, 0.6) is 0 Å². The number of aromatic nitrogens is 1. The molecule has 2 N–H and O–H groups in total. The highest BCUT2D eigenvalue weighted by Gasteiger charge is 2.06. The Morgan fingerprint density at radius 2 is 2.29 bits per heavy atom. The molecule has 0 saturated carbocycles. The van der Waals surface area contributed by atoms with Crippen molar-refractivity contribution in [3.8, 4) is 0 Å². The molecule has 0 spiro atoms. The maximum Gasteiger partial charge on any atom is 0.260 e. The molecule has 0 unspecified atom stereocenters. The molecule has 1 heterocycles. The van der Waals surface area contributed by atoms with E-state index in [2.05, 4.69) is 4.98 Å². The van der Waals surface area contributed by atoms with Gasteiger partial charge in [0, 0.05) is 9.92 Å². The number of oxazole rings is 1. The number of nitrogens with zero attached hydrogens (tertiary/aromatic N) is 1. The number of hydrogen-bond donors (Lipinski definition) is 1. The minimum atomic E-state index is 0.602. The third-order valence-corrected chi connectivity index (χ3v) is 3.44. The third kappa shape index (κ3) is 3.25. The Bertz CT molecular complexity index is 513. The van der Waals surface area contributed by atoms with Crippen LogP contribution in [-0.4, -0.2) is 11.5 Å². The van der Waals surface area contributed by atoms with Gasteiger partial charge in [-0.05, 0) is 49.3 Å². The monoisotopic (exact) mass is 268 g/mol. The average Bonchev–Trinajstić information content (AvgIpc) is 2.68. The maximum atomic E-state index is 6.16. The molecular weight excluding hydrogens is 256 g/mol. The summed E-state index contributed by atoms with van der Waals surface area (Å²) >= 11 is 7.62. The summed E-state index contributed by atoms with van der Waals surface area (Å²) < 4.78 is 5.27. The van der Waals surface area contributed by atoms with Crippen molar-refractivity contribution in [2.75, 3.05) is 6.54 Å². The predicted molar refractivity (Wildman–Crippen MR) is 69.6 cm³/mol. The van der Waals surface area contributed by atoms with Crippen LogP contribution in [0.15, 0.2) is 39.0 Å². The molecular formula is C12H13ClN2OS. The lowest BCUT2D eigenvalue weighted by Crippen LogP contribution is -2.02. The summed E-state index contributed by atoms with van der Waals surface area (Å²) in [5, 5.41) is 1.37. The van der Waals surface area contributed by atoms with Gasteiger partial charge in [-0.2, -0.15) is 0 Å². The van der Waals surface area contributed by atoms with Crippen LogP contribution in [0.4, 0.5) is 0 Å². The molecule has 0 aliphatic rings. The van der Waals surface area contributed by atoms with E-state index in [1.807, 2.05) is 25.1 Å². The van der Waals surface area contributed by atoms with Gasteiger partial charge in [0.25, 0.3) is 5.22 Å². The fraction of sp³-hybridized carbons (Fsp3) is 0.250. The highest BCUT2D eigenvalue weighted by molar-refractivity contribution is 7.99. The SMILES string of the molecule is Cc1coc(Sc2ccc(CCN)c(Cl)c2)n1. The molecule has 0 amide bonds. The number of benzene rings is 1. The van der Waals surface area contributed by atoms with E-state index in [0.717, 1.165) is 27.6 Å². The van der Waals surface area contributed by atoms with Crippen molar-refractivity contribution < 1.29 is 4.42 Å². The summed E-state index contributed by atoms with van der Waals surface area (Å²) in [7, 11) is 0. The number of rotatable bonds is 4. The molecule has 5 heteroatoms. The second-order valence-corrected chi connectivity index (χ2v) is 5.08. The highest BCUT2D eigenvalue weighted by Crippen LogP contribution is 2.30. The molecule has 2 aromatic rings. The highest BCUT2D eigenvalue weighted by atomic mass is 35.5. The van der Waals surface area contributed by atoms with Crippen molar-refractivity contribution in [1.29, 1.82) is 0 Å². The summed E-state index contributed by atoms with van der Waals surface area (Å²) in [6.07, 6.45) is 2.43. The zero-order valence-electron chi connectivity index (χ0n) is 9.44. The van der Waals surface area contributed by atoms with Crippen LogP contribution in [0.3, 0.4) is 0 Å². The van der Waals surface area contributed by atoms with Crippen molar-refractivity contribution in [1.82, 2.24) is 4.98 Å². The van der Waals surface area contributed by atoms with Crippen molar-refractivity contribution in [3.05, 3.63) is 40.7 Å². The van der Waals surface area contributed by atoms with Gasteiger partial charge in [-0.1, -0.05) is 17.7 Å². The second kappa shape index (κ2) is 5.58. The first-order chi connectivity index (χ1) is 8.19. The molecule has 3 nitrogen and oxygen atoms in total. The molecule has 1 aromatic carbocycles. The van der Waals surface area contributed by atoms with Crippen LogP contribution in [0, 0.1) is 6.92 Å². The molecule has 0 aliphatic heterocycles. The van der Waals surface area contributed by atoms with Gasteiger partial charge in [-0.3, -0.25) is 0 Å². The molecule has 0 bridgehead atoms. The lowest BCUT2D eigenvalue weighted by atomic mass is 10.1. The van der Waals surface area contributed by atoms with Crippen LogP contribution in [-0.2, 0) is 6.42 Å². The molecule has 2 rings (SSSR count). The summed E-state index contributed by atoms with van der Waals surface area (Å²) in [5.41, 5.74) is 7.45. The minimum absolute atomic E-state index is 0.602. The lowest BCUT2D eigenvalue weighted by molar-refractivity contribution is 0.454. The van der Waals surface area contributed by atoms with Gasteiger partial charge in [0.15, 0.2) is 0 Å². The Morgan fingerprint density at radius 1 is 1.47 bits per heavy atom. The molecule has 0 radical (unpaired) electrons. The van der Waals surface area contributed by atoms with E-state index in [-0.39, 0.29) is 0 Å². The fourth-order valence-corrected chi connectivity index (χ4v) is 2.57. The van der Waals surface area contributed by atoms with Gasteiger partial charge in [0.2, 0.25) is 0 Å². The maximum absolute atomic E-state index is 6.16. The van der Waals surface area contributed by atoms with Crippen molar-refractivity contribution in [3.63, 3.8) is 0 Å². The van der Waals surface area contributed by atoms with E-state index >= 15 is 0 Å². The topological polar surface area (TPSA) is 52.0 Å². The molecule has 0 fully saturated rings. The first kappa shape index (κ1) is 12.5. The van der Waals surface area contributed by atoms with Gasteiger partial charge < -0.3 is 10.2 Å². The summed E-state index contributed by atoms with van der Waals surface area (Å²) in [5.74, 6) is 0. The Kier molecular flexibility index (Phi) is 4.10. The summed E-state index contributed by atoms with van der Waals surface area (Å²) in [6, 6.07) is 5.91. The van der Waals surface area contributed by atoms with Crippen molar-refractivity contribution in [2.24, 2.45) is 5.73 Å². The average molecular weight is 269 g/mol. The Morgan fingerprint density at radius 3 is 2.88 bits per heavy atom. The zero-order chi connectivity index (χ0) is 12.3. The third-order valence-electron chi connectivity index (χ3n) is 2.24. The summed E-state index contributed by atoms with van der Waals surface area (Å²) in [4.78, 5) is 5.24. The van der Waals surface area contributed by atoms with Gasteiger partial charge in [-0.25, -0.2) is 4.98 Å². The lowest BCUT2D eigenvalue weighted by Gasteiger charge is -2.04. The first-order valence-electron chi connectivity index (χ1n) is 5.27. The largest absolute Gasteiger partial charge is 0.439 e. The van der Waals surface area contributed by atoms with Crippen molar-refractivity contribution >= 4 is 23.4 Å². The Balaban J connectivity index is 2.14. The number of aryl methyl sites for hydroxylation is 1. The zero-order valence-corrected chi connectivity index (χ0v) is 11.0. The summed E-state index contributed by atoms with van der Waals surface area (Å²) in [6.45, 7) is 2.50. The molecule has 17 heavy (non-hydrogen) atoms. The quantitative estimate of drug-likeness (QED) is 0.924. The molecule has 0 saturated heterocycles. The van der Waals surface area contributed by atoms with Crippen LogP contribution in [0.2, 0.25) is 5.02 Å². The van der Waals surface area contributed by atoms with E-state index < -0.39 is 0 Å². The molecule has 0 aliphatic carbocycles. The smallest absolute Gasteiger partial charge is 0.260 e. The minimum Gasteiger partial charge on any atom is -0.439 e. The van der Waals surface area contributed by atoms with E-state index in [0.29, 0.717) is 11.8 Å². The molecule has 0 atom stereocenters. The molecule has 1 aromatic heterocycles. The van der Waals surface area contributed by atoms with Crippen LogP contribution >= 0.6 is 23.4 Å². The van der Waals surface area contributed by atoms with Gasteiger partial charge in [-0.15, -0.1) is 0 Å². The van der Waals surface area contributed by atoms with E-state index in [9.17, 15) is 0 Å². The number of hydrogen-bond acceptors (Lipinski definition) is 4. The van der Waals surface area contributed by atoms with Crippen LogP contribution < -0.4 is 5.73 Å². The van der Waals surface area contributed by atoms with Crippen LogP contribution in [0.1, 0.15) is 11.3 Å². The van der Waals surface area contributed by atoms with Crippen molar-refractivity contribution in [2.45, 2.75) is 23.5 Å². The number of nitrogens with two attached hydrogens (primary N) is 1. The van der Waals surface area contributed by atoms with E-state index in [1.54, 1.807) is 6.26 Å². The number of halogens is 1. The van der Waals surface area contributed by atoms with Crippen LogP contribution in [0.25, 0.3) is 0 Å². The van der Waals surface area contributed by atoms with Gasteiger partial charge in [0.05, 0.1) is 5.69 Å². The van der Waals surface area contributed by atoms with Gasteiger partial charge >= 0.3 is 0 Å². The van der Waals surface area contributed by atoms with Gasteiger partial charge in [0.1, 0.15) is 6.26 Å². The second-order valence-electron chi connectivity index (χ2n) is 3.65. The normalized spacial score (nSPS) is 10.8. The first-order valence-corrected chi connectivity index (χ1v) is 6.47.